The first kappa shape index (κ1) is 16.5. The minimum atomic E-state index is 0.0685. The highest BCUT2D eigenvalue weighted by molar-refractivity contribution is 6.01. The Balaban J connectivity index is 3.28. The quantitative estimate of drug-likeness (QED) is 0.561. The number of methoxy groups -OCH3 is 1. The number of aromatic nitrogens is 2. The van der Waals surface area contributed by atoms with Crippen LogP contribution in [0.5, 0.6) is 0 Å². The Kier molecular flexibility index (Phi) is 6.01. The Morgan fingerprint density at radius 1 is 1.45 bits per heavy atom. The number of amidine groups is 1. The third kappa shape index (κ3) is 3.30. The Hall–Kier alpha value is -1.56. The summed E-state index contributed by atoms with van der Waals surface area (Å²) in [7, 11) is 3.60. The Morgan fingerprint density at radius 2 is 2.05 bits per heavy atom. The van der Waals surface area contributed by atoms with E-state index >= 15 is 0 Å². The van der Waals surface area contributed by atoms with Crippen LogP contribution < -0.4 is 10.6 Å². The van der Waals surface area contributed by atoms with Crippen LogP contribution in [0.15, 0.2) is 0 Å². The maximum Gasteiger partial charge on any atom is 0.138 e. The van der Waals surface area contributed by atoms with Gasteiger partial charge in [0.15, 0.2) is 0 Å². The lowest BCUT2D eigenvalue weighted by Crippen LogP contribution is -2.39. The summed E-state index contributed by atoms with van der Waals surface area (Å²) in [6.07, 6.45) is 2.06. The number of aryl methyl sites for hydroxylation is 2. The van der Waals surface area contributed by atoms with Crippen molar-refractivity contribution < 1.29 is 4.74 Å². The van der Waals surface area contributed by atoms with Crippen molar-refractivity contribution in [3.05, 3.63) is 11.3 Å². The van der Waals surface area contributed by atoms with Gasteiger partial charge in [0.05, 0.1) is 17.9 Å². The molecular formula is C14H27N5O. The van der Waals surface area contributed by atoms with Gasteiger partial charge in [0.25, 0.3) is 0 Å². The summed E-state index contributed by atoms with van der Waals surface area (Å²) < 4.78 is 7.04. The van der Waals surface area contributed by atoms with Gasteiger partial charge in [-0.05, 0) is 19.8 Å². The number of anilines is 1. The number of nitrogens with zero attached hydrogens (tertiary/aromatic N) is 3. The second-order valence-electron chi connectivity index (χ2n) is 4.98. The van der Waals surface area contributed by atoms with Crippen LogP contribution in [0.2, 0.25) is 0 Å². The van der Waals surface area contributed by atoms with Crippen LogP contribution in [0.1, 0.15) is 37.9 Å². The van der Waals surface area contributed by atoms with Crippen molar-refractivity contribution in [1.82, 2.24) is 9.78 Å². The van der Waals surface area contributed by atoms with Gasteiger partial charge in [-0.15, -0.1) is 0 Å². The number of nitrogens with two attached hydrogens (primary N) is 1. The van der Waals surface area contributed by atoms with Gasteiger partial charge in [-0.1, -0.05) is 13.8 Å². The molecule has 0 atom stereocenters. The highest BCUT2D eigenvalue weighted by Gasteiger charge is 2.25. The fourth-order valence-corrected chi connectivity index (χ4v) is 2.67. The van der Waals surface area contributed by atoms with Crippen molar-refractivity contribution in [3.63, 3.8) is 0 Å². The van der Waals surface area contributed by atoms with E-state index in [4.69, 9.17) is 15.9 Å². The molecule has 1 heterocycles. The van der Waals surface area contributed by atoms with Crippen molar-refractivity contribution in [3.8, 4) is 0 Å². The molecule has 0 fully saturated rings. The molecule has 114 valence electrons. The topological polar surface area (TPSA) is 80.2 Å². The molecular weight excluding hydrogens is 254 g/mol. The molecule has 6 heteroatoms. The number of hydrogen-bond donors (Lipinski definition) is 2. The summed E-state index contributed by atoms with van der Waals surface area (Å²) >= 11 is 0. The highest BCUT2D eigenvalue weighted by Crippen LogP contribution is 2.26. The molecule has 0 aliphatic carbocycles. The van der Waals surface area contributed by atoms with Crippen LogP contribution in [-0.2, 0) is 11.8 Å². The molecule has 6 nitrogen and oxygen atoms in total. The first-order valence-electron chi connectivity index (χ1n) is 7.11. The summed E-state index contributed by atoms with van der Waals surface area (Å²) in [5.74, 6) is 0.986. The minimum Gasteiger partial charge on any atom is -0.384 e. The van der Waals surface area contributed by atoms with Gasteiger partial charge in [-0.3, -0.25) is 10.1 Å². The number of nitrogen functional groups attached to an aromatic ring is 1. The van der Waals surface area contributed by atoms with Gasteiger partial charge in [0.2, 0.25) is 0 Å². The SMILES string of the molecule is CCC(CC)N(CCOC)c1c(C(=N)N)c(C)nn1C. The molecule has 3 N–H and O–H groups in total. The van der Waals surface area contributed by atoms with E-state index in [1.165, 1.54) is 0 Å². The van der Waals surface area contributed by atoms with E-state index < -0.39 is 0 Å². The number of nitrogens with one attached hydrogen (secondary N) is 1. The largest absolute Gasteiger partial charge is 0.384 e. The smallest absolute Gasteiger partial charge is 0.138 e. The standard InChI is InChI=1S/C14H27N5O/c1-6-11(7-2)19(8-9-20-5)14-12(13(15)16)10(3)17-18(14)4/h11H,6-9H2,1-5H3,(H3,15,16). The zero-order valence-electron chi connectivity index (χ0n) is 13.2. The van der Waals surface area contributed by atoms with Crippen molar-refractivity contribution in [1.29, 1.82) is 5.41 Å². The molecule has 0 aliphatic rings. The molecule has 0 saturated heterocycles. The highest BCUT2D eigenvalue weighted by atomic mass is 16.5. The molecule has 0 aromatic carbocycles. The Labute approximate surface area is 121 Å². The number of rotatable bonds is 8. The molecule has 1 rings (SSSR count). The normalized spacial score (nSPS) is 11.1. The van der Waals surface area contributed by atoms with Crippen LogP contribution >= 0.6 is 0 Å². The summed E-state index contributed by atoms with van der Waals surface area (Å²) in [5.41, 5.74) is 7.28. The lowest BCUT2D eigenvalue weighted by molar-refractivity contribution is 0.202. The zero-order chi connectivity index (χ0) is 15.3. The predicted octanol–water partition coefficient (Wildman–Crippen LogP) is 1.65. The molecule has 0 aliphatic heterocycles. The van der Waals surface area contributed by atoms with E-state index in [0.29, 0.717) is 12.6 Å². The average Bonchev–Trinajstić information content (AvgIpc) is 2.69. The van der Waals surface area contributed by atoms with Crippen LogP contribution in [0, 0.1) is 12.3 Å². The third-order valence-electron chi connectivity index (χ3n) is 3.65. The lowest BCUT2D eigenvalue weighted by atomic mass is 10.1. The molecule has 0 spiro atoms. The van der Waals surface area contributed by atoms with Crippen LogP contribution in [0.25, 0.3) is 0 Å². The van der Waals surface area contributed by atoms with Gasteiger partial charge < -0.3 is 15.4 Å². The maximum atomic E-state index is 7.82. The van der Waals surface area contributed by atoms with Gasteiger partial charge in [-0.25, -0.2) is 0 Å². The van der Waals surface area contributed by atoms with Crippen molar-refractivity contribution >= 4 is 11.7 Å². The third-order valence-corrected chi connectivity index (χ3v) is 3.65. The van der Waals surface area contributed by atoms with Crippen molar-refractivity contribution in [2.45, 2.75) is 39.7 Å². The first-order chi connectivity index (χ1) is 9.47. The molecule has 1 aromatic rings. The Morgan fingerprint density at radius 3 is 2.50 bits per heavy atom. The number of hydrogen-bond acceptors (Lipinski definition) is 4. The predicted molar refractivity (Wildman–Crippen MR) is 82.6 cm³/mol. The monoisotopic (exact) mass is 281 g/mol. The fraction of sp³-hybridized carbons (Fsp3) is 0.714. The van der Waals surface area contributed by atoms with E-state index in [9.17, 15) is 0 Å². The van der Waals surface area contributed by atoms with Crippen LogP contribution in [0.3, 0.4) is 0 Å². The molecule has 1 aromatic heterocycles. The van der Waals surface area contributed by atoms with Crippen LogP contribution in [-0.4, -0.2) is 41.9 Å². The molecule has 0 unspecified atom stereocenters. The van der Waals surface area contributed by atoms with E-state index in [1.54, 1.807) is 7.11 Å². The summed E-state index contributed by atoms with van der Waals surface area (Å²) in [4.78, 5) is 2.26. The molecule has 0 amide bonds. The second-order valence-corrected chi connectivity index (χ2v) is 4.98. The maximum absolute atomic E-state index is 7.82. The van der Waals surface area contributed by atoms with Gasteiger partial charge in [0, 0.05) is 26.7 Å². The van der Waals surface area contributed by atoms with Crippen LogP contribution in [0.4, 0.5) is 5.82 Å². The summed E-state index contributed by atoms with van der Waals surface area (Å²) in [6.45, 7) is 7.64. The second kappa shape index (κ2) is 7.28. The fourth-order valence-electron chi connectivity index (χ4n) is 2.67. The molecule has 20 heavy (non-hydrogen) atoms. The minimum absolute atomic E-state index is 0.0685. The van der Waals surface area contributed by atoms with E-state index in [-0.39, 0.29) is 5.84 Å². The number of ether oxygens (including phenoxy) is 1. The Bertz CT molecular complexity index is 451. The van der Waals surface area contributed by atoms with E-state index in [1.807, 2.05) is 18.7 Å². The molecule has 0 saturated carbocycles. The first-order valence-corrected chi connectivity index (χ1v) is 7.11. The molecule has 0 radical (unpaired) electrons. The zero-order valence-corrected chi connectivity index (χ0v) is 13.2. The van der Waals surface area contributed by atoms with Gasteiger partial charge in [0.1, 0.15) is 11.7 Å². The van der Waals surface area contributed by atoms with Gasteiger partial charge in [-0.2, -0.15) is 5.10 Å². The van der Waals surface area contributed by atoms with Crippen molar-refractivity contribution in [2.24, 2.45) is 12.8 Å². The summed E-state index contributed by atoms with van der Waals surface area (Å²) in [6, 6.07) is 0.387. The van der Waals surface area contributed by atoms with Gasteiger partial charge >= 0.3 is 0 Å². The molecule has 0 bridgehead atoms. The van der Waals surface area contributed by atoms with Crippen molar-refractivity contribution in [2.75, 3.05) is 25.2 Å². The van der Waals surface area contributed by atoms with E-state index in [0.717, 1.165) is 36.5 Å². The lowest BCUT2D eigenvalue weighted by Gasteiger charge is -2.33. The summed E-state index contributed by atoms with van der Waals surface area (Å²) in [5, 5.41) is 12.2. The average molecular weight is 281 g/mol. The van der Waals surface area contributed by atoms with E-state index in [2.05, 4.69) is 23.8 Å².